The van der Waals surface area contributed by atoms with Gasteiger partial charge < -0.3 is 10.0 Å². The summed E-state index contributed by atoms with van der Waals surface area (Å²) in [5.41, 5.74) is 1.00. The van der Waals surface area contributed by atoms with Gasteiger partial charge in [0.25, 0.3) is 0 Å². The van der Waals surface area contributed by atoms with E-state index in [9.17, 15) is 9.90 Å². The van der Waals surface area contributed by atoms with Gasteiger partial charge in [0.05, 0.1) is 17.7 Å². The first kappa shape index (κ1) is 15.2. The largest absolute Gasteiger partial charge is 0.389 e. The number of rotatable bonds is 5. The number of likely N-dealkylation sites (N-methyl/N-ethyl adjacent to an activating group) is 1. The minimum absolute atomic E-state index is 0.0331. The summed E-state index contributed by atoms with van der Waals surface area (Å²) in [7, 11) is 1.70. The molecule has 1 N–H and O–H groups in total. The van der Waals surface area contributed by atoms with Crippen LogP contribution in [0.1, 0.15) is 19.5 Å². The third kappa shape index (κ3) is 4.13. The monoisotopic (exact) mass is 310 g/mol. The highest BCUT2D eigenvalue weighted by Crippen LogP contribution is 2.25. The predicted molar refractivity (Wildman–Crippen MR) is 83.1 cm³/mol. The van der Waals surface area contributed by atoms with Gasteiger partial charge in [-0.15, -0.1) is 11.3 Å². The normalized spacial score (nSPS) is 11.6. The molecule has 2 aromatic rings. The summed E-state index contributed by atoms with van der Waals surface area (Å²) in [6.07, 6.45) is 0.271. The molecule has 0 saturated carbocycles. The smallest absolute Gasteiger partial charge is 0.228 e. The van der Waals surface area contributed by atoms with Crippen molar-refractivity contribution in [2.24, 2.45) is 0 Å². The molecule has 108 valence electrons. The standard InChI is InChI=1S/C14H18N2O2S2/c1-14(2,18)9-16(3)12(17)6-11-8-20-13(15-11)10-4-5-19-7-10/h4-5,7-8,18H,6,9H2,1-3H3. The Morgan fingerprint density at radius 2 is 2.20 bits per heavy atom. The molecular formula is C14H18N2O2S2. The molecule has 6 heteroatoms. The fourth-order valence-corrected chi connectivity index (χ4v) is 3.40. The van der Waals surface area contributed by atoms with Crippen molar-refractivity contribution in [3.8, 4) is 10.6 Å². The quantitative estimate of drug-likeness (QED) is 0.923. The van der Waals surface area contributed by atoms with Gasteiger partial charge in [-0.2, -0.15) is 11.3 Å². The van der Waals surface area contributed by atoms with Gasteiger partial charge in [0.2, 0.25) is 5.91 Å². The van der Waals surface area contributed by atoms with Crippen molar-refractivity contribution in [3.63, 3.8) is 0 Å². The van der Waals surface area contributed by atoms with E-state index in [2.05, 4.69) is 4.98 Å². The summed E-state index contributed by atoms with van der Waals surface area (Å²) in [4.78, 5) is 18.1. The number of aromatic nitrogens is 1. The summed E-state index contributed by atoms with van der Waals surface area (Å²) in [5, 5.41) is 16.6. The minimum atomic E-state index is -0.881. The van der Waals surface area contributed by atoms with Gasteiger partial charge >= 0.3 is 0 Å². The van der Waals surface area contributed by atoms with Crippen LogP contribution in [-0.2, 0) is 11.2 Å². The van der Waals surface area contributed by atoms with Crippen LogP contribution >= 0.6 is 22.7 Å². The fourth-order valence-electron chi connectivity index (χ4n) is 1.87. The van der Waals surface area contributed by atoms with E-state index in [4.69, 9.17) is 0 Å². The Morgan fingerprint density at radius 3 is 2.80 bits per heavy atom. The number of hydrogen-bond acceptors (Lipinski definition) is 5. The van der Waals surface area contributed by atoms with Gasteiger partial charge in [-0.3, -0.25) is 4.79 Å². The van der Waals surface area contributed by atoms with Crippen molar-refractivity contribution < 1.29 is 9.90 Å². The molecule has 2 aromatic heterocycles. The lowest BCUT2D eigenvalue weighted by Gasteiger charge is -2.25. The highest BCUT2D eigenvalue weighted by molar-refractivity contribution is 7.14. The fraction of sp³-hybridized carbons (Fsp3) is 0.429. The molecule has 0 atom stereocenters. The maximum atomic E-state index is 12.1. The third-order valence-corrected chi connectivity index (χ3v) is 4.33. The SMILES string of the molecule is CN(CC(C)(C)O)C(=O)Cc1csc(-c2ccsc2)n1. The Labute approximate surface area is 126 Å². The number of carbonyl (C=O) groups is 1. The summed E-state index contributed by atoms with van der Waals surface area (Å²) in [6, 6.07) is 2.02. The zero-order chi connectivity index (χ0) is 14.8. The Balaban J connectivity index is 1.98. The number of aliphatic hydroxyl groups is 1. The number of nitrogens with zero attached hydrogens (tertiary/aromatic N) is 2. The van der Waals surface area contributed by atoms with E-state index in [1.165, 1.54) is 0 Å². The Hall–Kier alpha value is -1.24. The van der Waals surface area contributed by atoms with Crippen molar-refractivity contribution in [1.29, 1.82) is 0 Å². The van der Waals surface area contributed by atoms with Crippen molar-refractivity contribution in [3.05, 3.63) is 27.9 Å². The lowest BCUT2D eigenvalue weighted by Crippen LogP contribution is -2.40. The highest BCUT2D eigenvalue weighted by Gasteiger charge is 2.20. The predicted octanol–water partition coefficient (Wildman–Crippen LogP) is 2.64. The first-order chi connectivity index (χ1) is 9.35. The molecule has 0 aliphatic heterocycles. The molecule has 20 heavy (non-hydrogen) atoms. The Kier molecular flexibility index (Phi) is 4.57. The number of amides is 1. The van der Waals surface area contributed by atoms with E-state index in [0.717, 1.165) is 16.3 Å². The zero-order valence-corrected chi connectivity index (χ0v) is 13.4. The van der Waals surface area contributed by atoms with Gasteiger partial charge in [-0.1, -0.05) is 0 Å². The van der Waals surface area contributed by atoms with Crippen LogP contribution in [0.4, 0.5) is 0 Å². The van der Waals surface area contributed by atoms with Crippen molar-refractivity contribution in [2.45, 2.75) is 25.9 Å². The molecule has 0 radical (unpaired) electrons. The molecule has 1 amide bonds. The van der Waals surface area contributed by atoms with Gasteiger partial charge in [0.1, 0.15) is 5.01 Å². The third-order valence-electron chi connectivity index (χ3n) is 2.70. The second kappa shape index (κ2) is 6.03. The van der Waals surface area contributed by atoms with E-state index >= 15 is 0 Å². The van der Waals surface area contributed by atoms with Crippen LogP contribution in [-0.4, -0.2) is 40.1 Å². The van der Waals surface area contributed by atoms with Gasteiger partial charge in [-0.05, 0) is 25.3 Å². The second-order valence-electron chi connectivity index (χ2n) is 5.40. The van der Waals surface area contributed by atoms with Crippen LogP contribution in [0.25, 0.3) is 10.6 Å². The van der Waals surface area contributed by atoms with Crippen molar-refractivity contribution in [1.82, 2.24) is 9.88 Å². The van der Waals surface area contributed by atoms with Crippen LogP contribution in [0, 0.1) is 0 Å². The van der Waals surface area contributed by atoms with Gasteiger partial charge in [0, 0.05) is 29.9 Å². The van der Waals surface area contributed by atoms with E-state index in [1.807, 2.05) is 22.2 Å². The van der Waals surface area contributed by atoms with Crippen LogP contribution in [0.15, 0.2) is 22.2 Å². The minimum Gasteiger partial charge on any atom is -0.389 e. The van der Waals surface area contributed by atoms with E-state index in [1.54, 1.807) is 48.5 Å². The molecule has 2 heterocycles. The summed E-state index contributed by atoms with van der Waals surface area (Å²) < 4.78 is 0. The number of thiazole rings is 1. The molecular weight excluding hydrogens is 292 g/mol. The average molecular weight is 310 g/mol. The summed E-state index contributed by atoms with van der Waals surface area (Å²) >= 11 is 3.18. The summed E-state index contributed by atoms with van der Waals surface area (Å²) in [6.45, 7) is 3.69. The Bertz CT molecular complexity index is 570. The maximum Gasteiger partial charge on any atom is 0.228 e. The first-order valence-electron chi connectivity index (χ1n) is 6.28. The lowest BCUT2D eigenvalue weighted by atomic mass is 10.1. The van der Waals surface area contributed by atoms with Crippen LogP contribution in [0.3, 0.4) is 0 Å². The van der Waals surface area contributed by atoms with E-state index in [0.29, 0.717) is 6.54 Å². The van der Waals surface area contributed by atoms with Gasteiger partial charge in [0.15, 0.2) is 0 Å². The van der Waals surface area contributed by atoms with Crippen molar-refractivity contribution in [2.75, 3.05) is 13.6 Å². The zero-order valence-electron chi connectivity index (χ0n) is 11.8. The maximum absolute atomic E-state index is 12.1. The molecule has 0 aromatic carbocycles. The number of hydrogen-bond donors (Lipinski definition) is 1. The molecule has 0 fully saturated rings. The molecule has 0 bridgehead atoms. The van der Waals surface area contributed by atoms with E-state index in [-0.39, 0.29) is 12.3 Å². The molecule has 0 unspecified atom stereocenters. The molecule has 2 rings (SSSR count). The van der Waals surface area contributed by atoms with Gasteiger partial charge in [-0.25, -0.2) is 4.98 Å². The molecule has 0 spiro atoms. The molecule has 4 nitrogen and oxygen atoms in total. The van der Waals surface area contributed by atoms with Crippen LogP contribution in [0.2, 0.25) is 0 Å². The van der Waals surface area contributed by atoms with E-state index < -0.39 is 5.60 Å². The number of carbonyl (C=O) groups excluding carboxylic acids is 1. The first-order valence-corrected chi connectivity index (χ1v) is 8.11. The van der Waals surface area contributed by atoms with Crippen molar-refractivity contribution >= 4 is 28.6 Å². The molecule has 0 aliphatic carbocycles. The lowest BCUT2D eigenvalue weighted by molar-refractivity contribution is -0.131. The number of thiophene rings is 1. The van der Waals surface area contributed by atoms with Crippen LogP contribution in [0.5, 0.6) is 0 Å². The summed E-state index contributed by atoms with van der Waals surface area (Å²) in [5.74, 6) is -0.0331. The average Bonchev–Trinajstić information content (AvgIpc) is 2.95. The topological polar surface area (TPSA) is 53.4 Å². The highest BCUT2D eigenvalue weighted by atomic mass is 32.1. The second-order valence-corrected chi connectivity index (χ2v) is 7.03. The molecule has 0 saturated heterocycles. The Morgan fingerprint density at radius 1 is 1.45 bits per heavy atom. The van der Waals surface area contributed by atoms with Crippen LogP contribution < -0.4 is 0 Å². The molecule has 0 aliphatic rings.